The molecule has 9 heteroatoms. The lowest BCUT2D eigenvalue weighted by Crippen LogP contribution is -2.40. The molecule has 0 spiro atoms. The van der Waals surface area contributed by atoms with Gasteiger partial charge in [-0.05, 0) is 28.7 Å². The molecule has 1 heterocycles. The van der Waals surface area contributed by atoms with Crippen LogP contribution in [0.2, 0.25) is 0 Å². The van der Waals surface area contributed by atoms with Crippen molar-refractivity contribution in [3.8, 4) is 11.1 Å². The first kappa shape index (κ1) is 21.1. The van der Waals surface area contributed by atoms with Gasteiger partial charge >= 0.3 is 12.1 Å². The molecule has 1 atom stereocenters. The predicted octanol–water partition coefficient (Wildman–Crippen LogP) is 3.63. The molecule has 0 saturated heterocycles. The smallest absolute Gasteiger partial charge is 0.414 e. The van der Waals surface area contributed by atoms with Crippen LogP contribution in [0, 0.1) is 0 Å². The second-order valence-electron chi connectivity index (χ2n) is 7.30. The molecule has 164 valence electrons. The Morgan fingerprint density at radius 1 is 1.09 bits per heavy atom. The normalized spacial score (nSPS) is 13.0. The number of fused-ring (bicyclic) bond motifs is 3. The highest BCUT2D eigenvalue weighted by Gasteiger charge is 2.29. The fourth-order valence-electron chi connectivity index (χ4n) is 3.75. The Labute approximate surface area is 183 Å². The van der Waals surface area contributed by atoms with Gasteiger partial charge in [-0.2, -0.15) is 0 Å². The lowest BCUT2D eigenvalue weighted by Gasteiger charge is -2.13. The molecule has 32 heavy (non-hydrogen) atoms. The largest absolute Gasteiger partial charge is 0.480 e. The Balaban J connectivity index is 1.37. The maximum absolute atomic E-state index is 12.3. The van der Waals surface area contributed by atoms with Crippen LogP contribution in [0.15, 0.2) is 59.1 Å². The van der Waals surface area contributed by atoms with Gasteiger partial charge in [-0.1, -0.05) is 60.6 Å². The molecular formula is C23H21N3O6. The highest BCUT2D eigenvalue weighted by molar-refractivity contribution is 5.96. The number of carboxylic acid groups (broad SMARTS) is 1. The van der Waals surface area contributed by atoms with E-state index in [-0.39, 0.29) is 30.5 Å². The van der Waals surface area contributed by atoms with Gasteiger partial charge in [0.25, 0.3) is 5.91 Å². The number of nitrogens with zero attached hydrogens (tertiary/aromatic N) is 1. The van der Waals surface area contributed by atoms with Crippen LogP contribution in [0.1, 0.15) is 40.9 Å². The highest BCUT2D eigenvalue weighted by atomic mass is 16.6. The minimum Gasteiger partial charge on any atom is -0.480 e. The van der Waals surface area contributed by atoms with E-state index >= 15 is 0 Å². The summed E-state index contributed by atoms with van der Waals surface area (Å²) in [5.74, 6) is -2.05. The van der Waals surface area contributed by atoms with E-state index in [9.17, 15) is 14.4 Å². The third-order valence-corrected chi connectivity index (χ3v) is 5.32. The first-order chi connectivity index (χ1) is 15.5. The highest BCUT2D eigenvalue weighted by Crippen LogP contribution is 2.44. The van der Waals surface area contributed by atoms with Crippen LogP contribution >= 0.6 is 0 Å². The topological polar surface area (TPSA) is 131 Å². The molecular weight excluding hydrogens is 414 g/mol. The van der Waals surface area contributed by atoms with E-state index in [2.05, 4.69) is 15.8 Å². The number of aromatic nitrogens is 1. The Bertz CT molecular complexity index is 1130. The number of amides is 2. The number of anilines is 1. The third kappa shape index (κ3) is 4.18. The third-order valence-electron chi connectivity index (χ3n) is 5.32. The maximum atomic E-state index is 12.3. The maximum Gasteiger partial charge on any atom is 0.414 e. The van der Waals surface area contributed by atoms with Gasteiger partial charge < -0.3 is 19.7 Å². The van der Waals surface area contributed by atoms with Gasteiger partial charge in [0.05, 0.1) is 0 Å². The quantitative estimate of drug-likeness (QED) is 0.516. The van der Waals surface area contributed by atoms with Crippen LogP contribution in [0.3, 0.4) is 0 Å². The van der Waals surface area contributed by atoms with Crippen molar-refractivity contribution in [1.29, 1.82) is 0 Å². The first-order valence-corrected chi connectivity index (χ1v) is 10.1. The van der Waals surface area contributed by atoms with Gasteiger partial charge in [0.1, 0.15) is 12.6 Å². The zero-order chi connectivity index (χ0) is 22.7. The number of hydrogen-bond acceptors (Lipinski definition) is 6. The molecule has 0 aliphatic heterocycles. The van der Waals surface area contributed by atoms with Crippen molar-refractivity contribution in [3.63, 3.8) is 0 Å². The van der Waals surface area contributed by atoms with Gasteiger partial charge in [-0.25, -0.2) is 9.59 Å². The summed E-state index contributed by atoms with van der Waals surface area (Å²) in [7, 11) is 0. The predicted molar refractivity (Wildman–Crippen MR) is 114 cm³/mol. The zero-order valence-electron chi connectivity index (χ0n) is 17.2. The number of carbonyl (C=O) groups is 3. The number of rotatable bonds is 7. The number of carbonyl (C=O) groups excluding carboxylic acids is 2. The van der Waals surface area contributed by atoms with Crippen molar-refractivity contribution in [2.24, 2.45) is 0 Å². The molecule has 4 rings (SSSR count). The summed E-state index contributed by atoms with van der Waals surface area (Å²) in [6.07, 6.45) is -0.545. The number of carboxylic acids is 1. The fourth-order valence-corrected chi connectivity index (χ4v) is 3.75. The van der Waals surface area contributed by atoms with E-state index in [0.29, 0.717) is 0 Å². The van der Waals surface area contributed by atoms with Crippen LogP contribution in [0.5, 0.6) is 0 Å². The zero-order valence-corrected chi connectivity index (χ0v) is 17.2. The van der Waals surface area contributed by atoms with E-state index in [1.54, 1.807) is 6.92 Å². The minimum absolute atomic E-state index is 0.0873. The molecule has 0 fully saturated rings. The summed E-state index contributed by atoms with van der Waals surface area (Å²) in [5, 5.41) is 17.3. The average molecular weight is 435 g/mol. The van der Waals surface area contributed by atoms with Crippen LogP contribution in [-0.2, 0) is 9.53 Å². The van der Waals surface area contributed by atoms with Crippen molar-refractivity contribution in [2.75, 3.05) is 11.9 Å². The van der Waals surface area contributed by atoms with Crippen LogP contribution < -0.4 is 10.6 Å². The van der Waals surface area contributed by atoms with E-state index in [1.165, 1.54) is 6.07 Å². The molecule has 2 amide bonds. The van der Waals surface area contributed by atoms with Gasteiger partial charge in [0.2, 0.25) is 5.88 Å². The standard InChI is InChI=1S/C23H21N3O6/c1-2-18(22(28)29)24-21(27)19-11-20(32-26-19)25-23(30)31-12-17-15-9-5-3-7-13(15)14-8-4-6-10-16(14)17/h3-11,17-18H,2,12H2,1H3,(H,24,27)(H,25,30)(H,28,29)/t18-/m0/s1. The summed E-state index contributed by atoms with van der Waals surface area (Å²) in [4.78, 5) is 35.4. The monoisotopic (exact) mass is 435 g/mol. The lowest BCUT2D eigenvalue weighted by atomic mass is 9.98. The average Bonchev–Trinajstić information content (AvgIpc) is 3.38. The fraction of sp³-hybridized carbons (Fsp3) is 0.217. The van der Waals surface area contributed by atoms with E-state index < -0.39 is 24.0 Å². The number of benzene rings is 2. The molecule has 0 radical (unpaired) electrons. The van der Waals surface area contributed by atoms with Gasteiger partial charge in [-0.3, -0.25) is 10.1 Å². The van der Waals surface area contributed by atoms with Gasteiger partial charge in [0, 0.05) is 12.0 Å². The molecule has 9 nitrogen and oxygen atoms in total. The molecule has 3 N–H and O–H groups in total. The number of nitrogens with one attached hydrogen (secondary N) is 2. The molecule has 0 unspecified atom stereocenters. The first-order valence-electron chi connectivity index (χ1n) is 10.1. The Morgan fingerprint density at radius 3 is 2.31 bits per heavy atom. The van der Waals surface area contributed by atoms with E-state index in [0.717, 1.165) is 22.3 Å². The summed E-state index contributed by atoms with van der Waals surface area (Å²) < 4.78 is 10.4. The summed E-state index contributed by atoms with van der Waals surface area (Å²) in [6.45, 7) is 1.75. The van der Waals surface area contributed by atoms with Crippen LogP contribution in [-0.4, -0.2) is 40.9 Å². The van der Waals surface area contributed by atoms with E-state index in [1.807, 2.05) is 48.5 Å². The molecule has 3 aromatic rings. The second-order valence-corrected chi connectivity index (χ2v) is 7.30. The molecule has 0 bridgehead atoms. The minimum atomic E-state index is -1.15. The second kappa shape index (κ2) is 8.93. The molecule has 2 aromatic carbocycles. The molecule has 1 aromatic heterocycles. The van der Waals surface area contributed by atoms with Crippen molar-refractivity contribution >= 4 is 23.9 Å². The van der Waals surface area contributed by atoms with Crippen molar-refractivity contribution in [2.45, 2.75) is 25.3 Å². The number of aliphatic carboxylic acids is 1. The van der Waals surface area contributed by atoms with Crippen molar-refractivity contribution < 1.29 is 28.8 Å². The Morgan fingerprint density at radius 2 is 1.72 bits per heavy atom. The van der Waals surface area contributed by atoms with Gasteiger partial charge in [0.15, 0.2) is 5.69 Å². The van der Waals surface area contributed by atoms with Crippen molar-refractivity contribution in [3.05, 3.63) is 71.4 Å². The summed E-state index contributed by atoms with van der Waals surface area (Å²) in [5.41, 5.74) is 4.26. The van der Waals surface area contributed by atoms with Crippen LogP contribution in [0.25, 0.3) is 11.1 Å². The number of hydrogen-bond donors (Lipinski definition) is 3. The number of ether oxygens (including phenoxy) is 1. The lowest BCUT2D eigenvalue weighted by molar-refractivity contribution is -0.139. The van der Waals surface area contributed by atoms with Crippen molar-refractivity contribution in [1.82, 2.24) is 10.5 Å². The molecule has 0 saturated carbocycles. The molecule has 1 aliphatic rings. The summed E-state index contributed by atoms with van der Waals surface area (Å²) >= 11 is 0. The SMILES string of the molecule is CC[C@H](NC(=O)c1cc(NC(=O)OCC2c3ccccc3-c3ccccc32)on1)C(=O)O. The van der Waals surface area contributed by atoms with E-state index in [4.69, 9.17) is 14.4 Å². The Kier molecular flexibility index (Phi) is 5.89. The molecule has 1 aliphatic carbocycles. The van der Waals surface area contributed by atoms with Crippen LogP contribution in [0.4, 0.5) is 10.7 Å². The summed E-state index contributed by atoms with van der Waals surface area (Å²) in [6, 6.07) is 16.1. The Hall–Kier alpha value is -4.14. The van der Waals surface area contributed by atoms with Gasteiger partial charge in [-0.15, -0.1) is 0 Å².